The second-order valence-corrected chi connectivity index (χ2v) is 9.83. The third-order valence-electron chi connectivity index (χ3n) is 4.55. The molecule has 1 N–H and O–H groups in total. The Morgan fingerprint density at radius 1 is 1.14 bits per heavy atom. The zero-order chi connectivity index (χ0) is 25.6. The molecule has 0 aliphatic heterocycles. The van der Waals surface area contributed by atoms with Gasteiger partial charge >= 0.3 is 10.1 Å². The average molecular weight is 609 g/mol. The van der Waals surface area contributed by atoms with Gasteiger partial charge in [-0.2, -0.15) is 13.5 Å². The van der Waals surface area contributed by atoms with Crippen LogP contribution < -0.4 is 14.3 Å². The zero-order valence-electron chi connectivity index (χ0n) is 18.6. The molecule has 0 aromatic heterocycles. The van der Waals surface area contributed by atoms with Crippen molar-refractivity contribution in [3.8, 4) is 11.5 Å². The number of benzene rings is 3. The van der Waals surface area contributed by atoms with E-state index in [1.165, 1.54) is 48.7 Å². The van der Waals surface area contributed by atoms with Gasteiger partial charge in [-0.1, -0.05) is 17.7 Å². The normalized spacial score (nSPS) is 11.3. The van der Waals surface area contributed by atoms with Gasteiger partial charge in [-0.25, -0.2) is 5.43 Å². The summed E-state index contributed by atoms with van der Waals surface area (Å²) in [6, 6.07) is 14.5. The van der Waals surface area contributed by atoms with E-state index in [9.17, 15) is 23.3 Å². The van der Waals surface area contributed by atoms with Crippen molar-refractivity contribution in [2.24, 2.45) is 5.10 Å². The first-order chi connectivity index (χ1) is 16.6. The van der Waals surface area contributed by atoms with Gasteiger partial charge in [0.25, 0.3) is 11.6 Å². The maximum absolute atomic E-state index is 12.8. The van der Waals surface area contributed by atoms with Crippen LogP contribution in [0.4, 0.5) is 5.69 Å². The number of hydrazone groups is 1. The highest BCUT2D eigenvalue weighted by Crippen LogP contribution is 2.36. The first-order valence-electron chi connectivity index (χ1n) is 10.2. The molecule has 0 aliphatic carbocycles. The van der Waals surface area contributed by atoms with E-state index in [0.717, 1.165) is 5.56 Å². The molecule has 35 heavy (non-hydrogen) atoms. The van der Waals surface area contributed by atoms with Crippen molar-refractivity contribution in [2.45, 2.75) is 18.7 Å². The summed E-state index contributed by atoms with van der Waals surface area (Å²) in [7, 11) is -4.09. The number of nitro benzene ring substituents is 1. The van der Waals surface area contributed by atoms with Crippen molar-refractivity contribution in [1.82, 2.24) is 5.43 Å². The van der Waals surface area contributed by atoms with Gasteiger partial charge in [0.1, 0.15) is 4.90 Å². The maximum Gasteiger partial charge on any atom is 0.339 e. The van der Waals surface area contributed by atoms with Crippen LogP contribution in [-0.4, -0.2) is 32.1 Å². The summed E-state index contributed by atoms with van der Waals surface area (Å²) in [5.74, 6) is -0.321. The number of non-ortho nitro benzene ring substituents is 1. The molecule has 0 heterocycles. The molecule has 3 rings (SSSR count). The van der Waals surface area contributed by atoms with Crippen molar-refractivity contribution >= 4 is 50.5 Å². The van der Waals surface area contributed by atoms with Crippen molar-refractivity contribution in [1.29, 1.82) is 0 Å². The highest BCUT2D eigenvalue weighted by atomic mass is 127. The Morgan fingerprint density at radius 3 is 2.40 bits per heavy atom. The number of halogens is 1. The number of hydrogen-bond acceptors (Lipinski definition) is 8. The Balaban J connectivity index is 1.79. The summed E-state index contributed by atoms with van der Waals surface area (Å²) in [5, 5.41) is 14.6. The van der Waals surface area contributed by atoms with Gasteiger partial charge in [0.15, 0.2) is 11.5 Å². The topological polar surface area (TPSA) is 137 Å². The van der Waals surface area contributed by atoms with Gasteiger partial charge in [0.05, 0.1) is 21.3 Å². The van der Waals surface area contributed by atoms with Crippen LogP contribution in [0.5, 0.6) is 11.5 Å². The van der Waals surface area contributed by atoms with E-state index < -0.39 is 20.9 Å². The molecule has 0 saturated heterocycles. The number of hydrogen-bond donors (Lipinski definition) is 1. The Bertz CT molecular complexity index is 1370. The van der Waals surface area contributed by atoms with Gasteiger partial charge in [-0.15, -0.1) is 0 Å². The number of nitrogens with one attached hydrogen (secondary N) is 1. The largest absolute Gasteiger partial charge is 0.490 e. The lowest BCUT2D eigenvalue weighted by Crippen LogP contribution is -2.17. The number of nitrogens with zero attached hydrogens (tertiary/aromatic N) is 2. The van der Waals surface area contributed by atoms with E-state index in [1.807, 2.05) is 29.5 Å². The lowest BCUT2D eigenvalue weighted by atomic mass is 10.2. The quantitative estimate of drug-likeness (QED) is 0.125. The van der Waals surface area contributed by atoms with Gasteiger partial charge < -0.3 is 8.92 Å². The lowest BCUT2D eigenvalue weighted by molar-refractivity contribution is -0.384. The molecule has 10 nitrogen and oxygen atoms in total. The molecule has 3 aromatic rings. The molecule has 3 aromatic carbocycles. The lowest BCUT2D eigenvalue weighted by Gasteiger charge is -2.14. The number of amides is 1. The van der Waals surface area contributed by atoms with E-state index >= 15 is 0 Å². The van der Waals surface area contributed by atoms with E-state index in [2.05, 4.69) is 10.5 Å². The molecule has 0 atom stereocenters. The molecule has 0 fully saturated rings. The predicted molar refractivity (Wildman–Crippen MR) is 137 cm³/mol. The van der Waals surface area contributed by atoms with Gasteiger partial charge in [0, 0.05) is 17.7 Å². The van der Waals surface area contributed by atoms with E-state index in [-0.39, 0.29) is 34.3 Å². The highest BCUT2D eigenvalue weighted by molar-refractivity contribution is 14.1. The third-order valence-corrected chi connectivity index (χ3v) is 6.59. The van der Waals surface area contributed by atoms with Crippen LogP contribution in [0.1, 0.15) is 28.4 Å². The predicted octanol–water partition coefficient (Wildman–Crippen LogP) is 4.44. The van der Waals surface area contributed by atoms with E-state index in [0.29, 0.717) is 9.13 Å². The van der Waals surface area contributed by atoms with Crippen LogP contribution in [0.15, 0.2) is 70.7 Å². The minimum absolute atomic E-state index is 0.0148. The summed E-state index contributed by atoms with van der Waals surface area (Å²) in [4.78, 5) is 22.4. The molecular formula is C23H20IN3O7S. The third kappa shape index (κ3) is 6.76. The molecule has 0 saturated carbocycles. The summed E-state index contributed by atoms with van der Waals surface area (Å²) in [6.45, 7) is 3.85. The van der Waals surface area contributed by atoms with Gasteiger partial charge in [0.2, 0.25) is 0 Å². The molecular weight excluding hydrogens is 589 g/mol. The molecule has 182 valence electrons. The fourth-order valence-corrected chi connectivity index (χ4v) is 4.68. The Labute approximate surface area is 215 Å². The monoisotopic (exact) mass is 609 g/mol. The molecule has 0 radical (unpaired) electrons. The molecule has 12 heteroatoms. The van der Waals surface area contributed by atoms with Crippen LogP contribution in [0, 0.1) is 20.6 Å². The van der Waals surface area contributed by atoms with Gasteiger partial charge in [-0.3, -0.25) is 14.9 Å². The fraction of sp³-hybridized carbons (Fsp3) is 0.130. The van der Waals surface area contributed by atoms with Crippen LogP contribution in [0.25, 0.3) is 0 Å². The molecule has 0 spiro atoms. The van der Waals surface area contributed by atoms with Crippen LogP contribution in [-0.2, 0) is 10.1 Å². The van der Waals surface area contributed by atoms with Crippen molar-refractivity contribution in [2.75, 3.05) is 6.61 Å². The van der Waals surface area contributed by atoms with Crippen molar-refractivity contribution < 1.29 is 27.1 Å². The van der Waals surface area contributed by atoms with E-state index in [1.54, 1.807) is 25.1 Å². The molecule has 0 bridgehead atoms. The van der Waals surface area contributed by atoms with Crippen molar-refractivity contribution in [3.05, 3.63) is 91.0 Å². The Kier molecular flexibility index (Phi) is 8.40. The molecule has 0 aliphatic rings. The van der Waals surface area contributed by atoms with Crippen molar-refractivity contribution in [3.63, 3.8) is 0 Å². The number of ether oxygens (including phenoxy) is 1. The number of carbonyl (C=O) groups excluding carboxylic acids is 1. The summed E-state index contributed by atoms with van der Waals surface area (Å²) in [6.07, 6.45) is 1.35. The van der Waals surface area contributed by atoms with Crippen LogP contribution in [0.3, 0.4) is 0 Å². The number of rotatable bonds is 9. The second-order valence-electron chi connectivity index (χ2n) is 7.12. The van der Waals surface area contributed by atoms with Crippen LogP contribution in [0.2, 0.25) is 0 Å². The SMILES string of the molecule is CCOc1cc(/C=N\NC(=O)c2ccc([N+](=O)[O-])cc2)cc(I)c1OS(=O)(=O)c1ccc(C)cc1. The number of nitro groups is 1. The first-order valence-corrected chi connectivity index (χ1v) is 12.6. The number of aryl methyl sites for hydroxylation is 1. The summed E-state index contributed by atoms with van der Waals surface area (Å²) in [5.41, 5.74) is 3.83. The molecule has 0 unspecified atom stereocenters. The second kappa shape index (κ2) is 11.3. The first kappa shape index (κ1) is 26.1. The maximum atomic E-state index is 12.8. The summed E-state index contributed by atoms with van der Waals surface area (Å²) < 4.78 is 37.0. The Hall–Kier alpha value is -3.52. The average Bonchev–Trinajstić information content (AvgIpc) is 2.81. The van der Waals surface area contributed by atoms with Gasteiger partial charge in [-0.05, 0) is 78.4 Å². The smallest absolute Gasteiger partial charge is 0.339 e. The highest BCUT2D eigenvalue weighted by Gasteiger charge is 2.22. The summed E-state index contributed by atoms with van der Waals surface area (Å²) >= 11 is 1.93. The minimum atomic E-state index is -4.09. The zero-order valence-corrected chi connectivity index (χ0v) is 21.6. The Morgan fingerprint density at radius 2 is 1.80 bits per heavy atom. The number of carbonyl (C=O) groups is 1. The molecule has 1 amide bonds. The standard InChI is InChI=1S/C23H20IN3O7S/c1-3-33-21-13-16(14-25-26-23(28)17-6-8-18(9-7-17)27(29)30)12-20(24)22(21)34-35(31,32)19-10-4-15(2)5-11-19/h4-14H,3H2,1-2H3,(H,26,28)/b25-14-. The van der Waals surface area contributed by atoms with E-state index in [4.69, 9.17) is 8.92 Å². The minimum Gasteiger partial charge on any atom is -0.490 e. The fourth-order valence-electron chi connectivity index (χ4n) is 2.83. The van der Waals surface area contributed by atoms with Crippen LogP contribution >= 0.6 is 22.6 Å².